The van der Waals surface area contributed by atoms with Crippen LogP contribution in [0.3, 0.4) is 0 Å². The first-order valence-corrected chi connectivity index (χ1v) is 11.1. The second-order valence-corrected chi connectivity index (χ2v) is 10.9. The first-order chi connectivity index (χ1) is 13.9. The SMILES string of the molecule is CC(=O)O[C@H]1CCC2(C)C3CC(=O)C4C(C)=C[C@]3([C@@H](OC(C)=O)C[C@H]2C1(C)C)[C@@H]4O. The number of ether oxygens (including phenoxy) is 2. The lowest BCUT2D eigenvalue weighted by molar-refractivity contribution is -0.240. The lowest BCUT2D eigenvalue weighted by atomic mass is 9.39. The Kier molecular flexibility index (Phi) is 4.78. The lowest BCUT2D eigenvalue weighted by Crippen LogP contribution is -2.68. The first-order valence-electron chi connectivity index (χ1n) is 11.1. The van der Waals surface area contributed by atoms with Crippen LogP contribution in [-0.2, 0) is 23.9 Å². The smallest absolute Gasteiger partial charge is 0.302 e. The van der Waals surface area contributed by atoms with Gasteiger partial charge in [-0.1, -0.05) is 32.4 Å². The van der Waals surface area contributed by atoms with E-state index in [-0.39, 0.29) is 46.5 Å². The minimum Gasteiger partial charge on any atom is -0.462 e. The maximum atomic E-state index is 13.1. The molecular weight excluding hydrogens is 384 g/mol. The maximum Gasteiger partial charge on any atom is 0.302 e. The van der Waals surface area contributed by atoms with Gasteiger partial charge in [-0.3, -0.25) is 14.4 Å². The van der Waals surface area contributed by atoms with Crippen LogP contribution in [0.5, 0.6) is 0 Å². The molecule has 0 aromatic heterocycles. The number of hydrogen-bond acceptors (Lipinski definition) is 6. The molecule has 4 aliphatic carbocycles. The van der Waals surface area contributed by atoms with E-state index < -0.39 is 23.5 Å². The summed E-state index contributed by atoms with van der Waals surface area (Å²) in [5.74, 6) is -1.13. The Morgan fingerprint density at radius 1 is 1.07 bits per heavy atom. The topological polar surface area (TPSA) is 89.9 Å². The van der Waals surface area contributed by atoms with E-state index in [1.54, 1.807) is 0 Å². The van der Waals surface area contributed by atoms with E-state index in [4.69, 9.17) is 9.47 Å². The Hall–Kier alpha value is -1.69. The van der Waals surface area contributed by atoms with Gasteiger partial charge in [-0.2, -0.15) is 0 Å². The molecule has 166 valence electrons. The van der Waals surface area contributed by atoms with Gasteiger partial charge in [0.2, 0.25) is 0 Å². The molecule has 0 saturated heterocycles. The van der Waals surface area contributed by atoms with Crippen LogP contribution in [0.1, 0.15) is 67.2 Å². The van der Waals surface area contributed by atoms with Gasteiger partial charge in [0.25, 0.3) is 0 Å². The normalized spacial score (nSPS) is 46.4. The van der Waals surface area contributed by atoms with E-state index in [0.29, 0.717) is 12.8 Å². The summed E-state index contributed by atoms with van der Waals surface area (Å²) in [6.45, 7) is 11.2. The third kappa shape index (κ3) is 2.68. The number of hydrogen-bond donors (Lipinski definition) is 1. The number of esters is 2. The van der Waals surface area contributed by atoms with E-state index in [9.17, 15) is 19.5 Å². The molecule has 3 saturated carbocycles. The highest BCUT2D eigenvalue weighted by molar-refractivity contribution is 5.87. The van der Waals surface area contributed by atoms with Crippen molar-refractivity contribution in [3.05, 3.63) is 11.6 Å². The first kappa shape index (κ1) is 21.5. The standard InChI is InChI=1S/C24H34O6/c1-12-11-24-17(9-15(27)20(12)21(24)28)23(6)8-7-18(29-13(2)25)22(4,5)16(23)10-19(24)30-14(3)26/h11,16-21,28H,7-10H2,1-6H3/t16-,17?,18-,19-,20?,21+,23?,24-/m0/s1. The molecule has 6 nitrogen and oxygen atoms in total. The zero-order chi connectivity index (χ0) is 22.2. The molecule has 30 heavy (non-hydrogen) atoms. The van der Waals surface area contributed by atoms with Crippen molar-refractivity contribution in [1.29, 1.82) is 0 Å². The fourth-order valence-electron chi connectivity index (χ4n) is 7.89. The van der Waals surface area contributed by atoms with Gasteiger partial charge < -0.3 is 14.6 Å². The highest BCUT2D eigenvalue weighted by Crippen LogP contribution is 2.70. The predicted molar refractivity (Wildman–Crippen MR) is 109 cm³/mol. The second-order valence-electron chi connectivity index (χ2n) is 10.9. The third-order valence-electron chi connectivity index (χ3n) is 9.04. The molecule has 0 aromatic rings. The summed E-state index contributed by atoms with van der Waals surface area (Å²) in [5, 5.41) is 11.4. The van der Waals surface area contributed by atoms with Gasteiger partial charge in [-0.05, 0) is 43.4 Å². The van der Waals surface area contributed by atoms with Crippen LogP contribution >= 0.6 is 0 Å². The largest absolute Gasteiger partial charge is 0.462 e. The number of carbonyl (C=O) groups is 3. The third-order valence-corrected chi connectivity index (χ3v) is 9.04. The Labute approximate surface area is 178 Å². The van der Waals surface area contributed by atoms with Gasteiger partial charge in [0.05, 0.1) is 17.4 Å². The molecule has 4 aliphatic rings. The molecule has 0 radical (unpaired) electrons. The summed E-state index contributed by atoms with van der Waals surface area (Å²) in [4.78, 5) is 36.8. The van der Waals surface area contributed by atoms with Crippen LogP contribution in [0.4, 0.5) is 0 Å². The zero-order valence-electron chi connectivity index (χ0n) is 18.9. The van der Waals surface area contributed by atoms with Gasteiger partial charge in [0.1, 0.15) is 18.0 Å². The van der Waals surface area contributed by atoms with Gasteiger partial charge in [-0.25, -0.2) is 0 Å². The van der Waals surface area contributed by atoms with Gasteiger partial charge >= 0.3 is 11.9 Å². The maximum absolute atomic E-state index is 13.1. The number of Topliss-reactive ketones (excluding diaryl/α,β-unsaturated/α-hetero) is 1. The second kappa shape index (κ2) is 6.65. The average Bonchev–Trinajstić information content (AvgIpc) is 2.79. The summed E-state index contributed by atoms with van der Waals surface area (Å²) in [7, 11) is 0. The number of carbonyl (C=O) groups excluding carboxylic acids is 3. The molecule has 2 bridgehead atoms. The van der Waals surface area contributed by atoms with Crippen molar-refractivity contribution >= 4 is 17.7 Å². The summed E-state index contributed by atoms with van der Waals surface area (Å²) in [6, 6.07) is 0. The Morgan fingerprint density at radius 3 is 2.27 bits per heavy atom. The van der Waals surface area contributed by atoms with Crippen LogP contribution in [0.15, 0.2) is 11.6 Å². The average molecular weight is 419 g/mol. The van der Waals surface area contributed by atoms with Crippen molar-refractivity contribution in [1.82, 2.24) is 0 Å². The van der Waals surface area contributed by atoms with Crippen molar-refractivity contribution in [2.45, 2.75) is 85.5 Å². The van der Waals surface area contributed by atoms with E-state index in [1.807, 2.05) is 6.92 Å². The Morgan fingerprint density at radius 2 is 1.67 bits per heavy atom. The number of ketones is 1. The number of aliphatic hydroxyl groups excluding tert-OH is 1. The molecule has 6 heteroatoms. The number of aliphatic hydroxyl groups is 1. The minimum atomic E-state index is -0.861. The number of fused-ring (bicyclic) bond motifs is 3. The minimum absolute atomic E-state index is 0.0777. The van der Waals surface area contributed by atoms with Gasteiger partial charge in [0.15, 0.2) is 0 Å². The summed E-state index contributed by atoms with van der Waals surface area (Å²) in [6.07, 6.45) is 2.96. The van der Waals surface area contributed by atoms with E-state index in [2.05, 4.69) is 26.8 Å². The predicted octanol–water partition coefficient (Wildman–Crippen LogP) is 3.21. The van der Waals surface area contributed by atoms with Gasteiger partial charge in [0, 0.05) is 25.7 Å². The molecule has 0 aromatic carbocycles. The van der Waals surface area contributed by atoms with Crippen molar-refractivity contribution in [3.8, 4) is 0 Å². The van der Waals surface area contributed by atoms with E-state index in [1.165, 1.54) is 13.8 Å². The highest BCUT2D eigenvalue weighted by atomic mass is 16.5. The van der Waals surface area contributed by atoms with Crippen molar-refractivity contribution < 1.29 is 29.0 Å². The summed E-state index contributed by atoms with van der Waals surface area (Å²) >= 11 is 0. The molecule has 3 fully saturated rings. The van der Waals surface area contributed by atoms with E-state index in [0.717, 1.165) is 18.4 Å². The summed E-state index contributed by atoms with van der Waals surface area (Å²) in [5.41, 5.74) is -0.424. The fraction of sp³-hybridized carbons (Fsp3) is 0.792. The quantitative estimate of drug-likeness (QED) is 0.547. The molecule has 0 heterocycles. The molecule has 1 spiro atoms. The van der Waals surface area contributed by atoms with Crippen molar-refractivity contribution in [3.63, 3.8) is 0 Å². The van der Waals surface area contributed by atoms with Gasteiger partial charge in [-0.15, -0.1) is 0 Å². The van der Waals surface area contributed by atoms with Crippen molar-refractivity contribution in [2.24, 2.45) is 34.0 Å². The number of rotatable bonds is 2. The van der Waals surface area contributed by atoms with Crippen molar-refractivity contribution in [2.75, 3.05) is 0 Å². The molecular formula is C24H34O6. The van der Waals surface area contributed by atoms with E-state index >= 15 is 0 Å². The van der Waals surface area contributed by atoms with Crippen LogP contribution in [0, 0.1) is 34.0 Å². The lowest BCUT2D eigenvalue weighted by Gasteiger charge is -2.66. The Bertz CT molecular complexity index is 828. The van der Waals surface area contributed by atoms with Crippen LogP contribution in [0.2, 0.25) is 0 Å². The molecule has 4 rings (SSSR count). The van der Waals surface area contributed by atoms with Crippen LogP contribution in [-0.4, -0.2) is 41.1 Å². The molecule has 8 atom stereocenters. The summed E-state index contributed by atoms with van der Waals surface area (Å²) < 4.78 is 11.6. The fourth-order valence-corrected chi connectivity index (χ4v) is 7.89. The van der Waals surface area contributed by atoms with Crippen LogP contribution in [0.25, 0.3) is 0 Å². The molecule has 0 amide bonds. The highest BCUT2D eigenvalue weighted by Gasteiger charge is 2.72. The Balaban J connectivity index is 1.84. The molecule has 0 aliphatic heterocycles. The molecule has 3 unspecified atom stereocenters. The molecule has 1 N–H and O–H groups in total. The van der Waals surface area contributed by atoms with Crippen LogP contribution < -0.4 is 0 Å². The zero-order valence-corrected chi connectivity index (χ0v) is 18.9. The monoisotopic (exact) mass is 418 g/mol.